The number of hydrazone groups is 1. The topological polar surface area (TPSA) is 15.6 Å². The predicted octanol–water partition coefficient (Wildman–Crippen LogP) is 7.38. The van der Waals surface area contributed by atoms with Gasteiger partial charge in [-0.1, -0.05) is 78.3 Å². The molecule has 1 aliphatic heterocycles. The van der Waals surface area contributed by atoms with Crippen LogP contribution < -0.4 is 5.01 Å². The summed E-state index contributed by atoms with van der Waals surface area (Å²) in [5, 5.41) is 6.44. The van der Waals surface area contributed by atoms with Gasteiger partial charge in [0.2, 0.25) is 0 Å². The molecule has 0 saturated carbocycles. The molecule has 6 heteroatoms. The maximum absolute atomic E-state index is 13.3. The number of halogens is 4. The minimum Gasteiger partial charge on any atom is -0.256 e. The zero-order valence-electron chi connectivity index (χ0n) is 15.9. The van der Waals surface area contributed by atoms with E-state index in [9.17, 15) is 13.2 Å². The molecule has 0 spiro atoms. The molecule has 152 valence electrons. The molecule has 1 atom stereocenters. The van der Waals surface area contributed by atoms with Crippen LogP contribution in [-0.4, -0.2) is 5.71 Å². The summed E-state index contributed by atoms with van der Waals surface area (Å²) in [6.07, 6.45) is -0.0636. The summed E-state index contributed by atoms with van der Waals surface area (Å²) in [4.78, 5) is 0. The van der Waals surface area contributed by atoms with Crippen LogP contribution in [0.4, 0.5) is 18.9 Å². The van der Waals surface area contributed by atoms with E-state index < -0.39 is 11.7 Å². The zero-order valence-corrected chi connectivity index (χ0v) is 16.6. The number of alkyl halides is 3. The smallest absolute Gasteiger partial charge is 0.256 e. The Balaban J connectivity index is 1.73. The van der Waals surface area contributed by atoms with E-state index in [1.807, 2.05) is 72.8 Å². The van der Waals surface area contributed by atoms with Crippen molar-refractivity contribution in [2.24, 2.45) is 5.10 Å². The summed E-state index contributed by atoms with van der Waals surface area (Å²) in [7, 11) is 0. The lowest BCUT2D eigenvalue weighted by Gasteiger charge is -2.25. The number of rotatable bonds is 4. The first-order valence-electron chi connectivity index (χ1n) is 9.43. The molecule has 0 bridgehead atoms. The van der Waals surface area contributed by atoms with Gasteiger partial charge < -0.3 is 0 Å². The summed E-state index contributed by atoms with van der Waals surface area (Å²) in [6, 6.07) is 22.4. The fourth-order valence-corrected chi connectivity index (χ4v) is 3.62. The normalized spacial score (nSPS) is 16.9. The molecule has 0 saturated heterocycles. The highest BCUT2D eigenvalue weighted by Crippen LogP contribution is 2.41. The summed E-state index contributed by atoms with van der Waals surface area (Å²) in [5.41, 5.74) is 2.23. The van der Waals surface area contributed by atoms with E-state index in [0.29, 0.717) is 6.42 Å². The third kappa shape index (κ3) is 4.41. The standard InChI is InChI=1S/C24H18ClF3N2/c25-21-14-12-19(24(26,27)28)15-23(21)30-22(18-9-5-2-6-10-18)16-20(29-30)13-11-17-7-3-1-4-8-17/h1-15,22H,16H2/b13-11+/t22-/m0/s1. The van der Waals surface area contributed by atoms with Crippen molar-refractivity contribution in [2.45, 2.75) is 18.6 Å². The fraction of sp³-hybridized carbons (Fsp3) is 0.125. The summed E-state index contributed by atoms with van der Waals surface area (Å²) in [5.74, 6) is 0. The van der Waals surface area contributed by atoms with Crippen LogP contribution in [0.3, 0.4) is 0 Å². The fourth-order valence-electron chi connectivity index (χ4n) is 3.41. The molecule has 0 amide bonds. The summed E-state index contributed by atoms with van der Waals surface area (Å²) in [6.45, 7) is 0. The maximum atomic E-state index is 13.3. The molecule has 4 rings (SSSR count). The van der Waals surface area contributed by atoms with Crippen LogP contribution >= 0.6 is 11.6 Å². The predicted molar refractivity (Wildman–Crippen MR) is 116 cm³/mol. The SMILES string of the molecule is FC(F)(F)c1ccc(Cl)c(N2N=C(/C=C/c3ccccc3)C[C@H]2c2ccccc2)c1. The number of nitrogens with zero attached hydrogens (tertiary/aromatic N) is 2. The Labute approximate surface area is 177 Å². The molecule has 2 nitrogen and oxygen atoms in total. The van der Waals surface area contributed by atoms with Crippen molar-refractivity contribution >= 4 is 29.1 Å². The van der Waals surface area contributed by atoms with Crippen LogP contribution in [0.15, 0.2) is 90.0 Å². The van der Waals surface area contributed by atoms with Crippen LogP contribution in [0, 0.1) is 0 Å². The Morgan fingerprint density at radius 3 is 2.23 bits per heavy atom. The highest BCUT2D eigenvalue weighted by molar-refractivity contribution is 6.33. The molecule has 1 heterocycles. The number of anilines is 1. The lowest BCUT2D eigenvalue weighted by atomic mass is 10.0. The van der Waals surface area contributed by atoms with Gasteiger partial charge >= 0.3 is 6.18 Å². The van der Waals surface area contributed by atoms with Crippen molar-refractivity contribution in [1.82, 2.24) is 0 Å². The first kappa shape index (κ1) is 20.2. The molecule has 0 aliphatic carbocycles. The molecule has 0 unspecified atom stereocenters. The lowest BCUT2D eigenvalue weighted by molar-refractivity contribution is -0.137. The first-order valence-corrected chi connectivity index (χ1v) is 9.81. The highest BCUT2D eigenvalue weighted by atomic mass is 35.5. The molecular formula is C24H18ClF3N2. The van der Waals surface area contributed by atoms with Gasteiger partial charge in [0.05, 0.1) is 28.0 Å². The second kappa shape index (κ2) is 8.36. The van der Waals surface area contributed by atoms with Crippen molar-refractivity contribution in [3.8, 4) is 0 Å². The van der Waals surface area contributed by atoms with Crippen LogP contribution in [0.1, 0.15) is 29.2 Å². The Hall–Kier alpha value is -3.05. The van der Waals surface area contributed by atoms with Gasteiger partial charge in [-0.25, -0.2) is 0 Å². The van der Waals surface area contributed by atoms with Gasteiger partial charge in [0.15, 0.2) is 0 Å². The Kier molecular flexibility index (Phi) is 5.64. The van der Waals surface area contributed by atoms with Crippen molar-refractivity contribution in [1.29, 1.82) is 0 Å². The highest BCUT2D eigenvalue weighted by Gasteiger charge is 2.34. The molecule has 3 aromatic rings. The van der Waals surface area contributed by atoms with Crippen molar-refractivity contribution < 1.29 is 13.2 Å². The quantitative estimate of drug-likeness (QED) is 0.425. The molecule has 0 N–H and O–H groups in total. The third-order valence-electron chi connectivity index (χ3n) is 4.91. The molecule has 0 radical (unpaired) electrons. The van der Waals surface area contributed by atoms with E-state index in [4.69, 9.17) is 11.6 Å². The van der Waals surface area contributed by atoms with E-state index in [2.05, 4.69) is 5.10 Å². The number of hydrogen-bond acceptors (Lipinski definition) is 2. The maximum Gasteiger partial charge on any atom is 0.416 e. The molecular weight excluding hydrogens is 409 g/mol. The monoisotopic (exact) mass is 426 g/mol. The van der Waals surface area contributed by atoms with E-state index in [1.165, 1.54) is 6.07 Å². The van der Waals surface area contributed by atoms with Gasteiger partial charge in [-0.3, -0.25) is 5.01 Å². The number of benzene rings is 3. The molecule has 0 fully saturated rings. The average Bonchev–Trinajstić information content (AvgIpc) is 3.17. The minimum absolute atomic E-state index is 0.223. The largest absolute Gasteiger partial charge is 0.416 e. The Morgan fingerprint density at radius 1 is 0.900 bits per heavy atom. The van der Waals surface area contributed by atoms with E-state index in [0.717, 1.165) is 29.0 Å². The average molecular weight is 427 g/mol. The summed E-state index contributed by atoms with van der Waals surface area (Å²) < 4.78 is 39.8. The molecule has 1 aliphatic rings. The Bertz CT molecular complexity index is 1080. The second-order valence-electron chi connectivity index (χ2n) is 6.97. The number of hydrogen-bond donors (Lipinski definition) is 0. The molecule has 3 aromatic carbocycles. The van der Waals surface area contributed by atoms with Crippen LogP contribution in [0.25, 0.3) is 6.08 Å². The van der Waals surface area contributed by atoms with E-state index in [-0.39, 0.29) is 16.8 Å². The second-order valence-corrected chi connectivity index (χ2v) is 7.38. The summed E-state index contributed by atoms with van der Waals surface area (Å²) >= 11 is 6.30. The van der Waals surface area contributed by atoms with Crippen LogP contribution in [0.5, 0.6) is 0 Å². The van der Waals surface area contributed by atoms with Crippen LogP contribution in [0.2, 0.25) is 5.02 Å². The molecule has 0 aromatic heterocycles. The molecule has 30 heavy (non-hydrogen) atoms. The van der Waals surface area contributed by atoms with Gasteiger partial charge in [-0.05, 0) is 35.4 Å². The third-order valence-corrected chi connectivity index (χ3v) is 5.23. The van der Waals surface area contributed by atoms with Gasteiger partial charge in [0.1, 0.15) is 0 Å². The zero-order chi connectivity index (χ0) is 21.1. The van der Waals surface area contributed by atoms with Gasteiger partial charge in [0.25, 0.3) is 0 Å². The van der Waals surface area contributed by atoms with Crippen LogP contribution in [-0.2, 0) is 6.18 Å². The van der Waals surface area contributed by atoms with E-state index in [1.54, 1.807) is 5.01 Å². The minimum atomic E-state index is -4.46. The van der Waals surface area contributed by atoms with Crippen molar-refractivity contribution in [2.75, 3.05) is 5.01 Å². The van der Waals surface area contributed by atoms with Crippen molar-refractivity contribution in [3.05, 3.63) is 107 Å². The lowest BCUT2D eigenvalue weighted by Crippen LogP contribution is -2.19. The van der Waals surface area contributed by atoms with Crippen molar-refractivity contribution in [3.63, 3.8) is 0 Å². The van der Waals surface area contributed by atoms with Gasteiger partial charge in [-0.15, -0.1) is 0 Å². The van der Waals surface area contributed by atoms with Gasteiger partial charge in [-0.2, -0.15) is 18.3 Å². The Morgan fingerprint density at radius 2 is 1.57 bits per heavy atom. The number of allylic oxidation sites excluding steroid dienone is 1. The van der Waals surface area contributed by atoms with E-state index >= 15 is 0 Å². The first-order chi connectivity index (χ1) is 14.4. The van der Waals surface area contributed by atoms with Gasteiger partial charge in [0, 0.05) is 6.42 Å².